The molecule has 0 spiro atoms. The summed E-state index contributed by atoms with van der Waals surface area (Å²) in [5, 5.41) is 9.33. The van der Waals surface area contributed by atoms with Crippen LogP contribution in [0.3, 0.4) is 0 Å². The van der Waals surface area contributed by atoms with Crippen molar-refractivity contribution < 1.29 is 23.7 Å². The van der Waals surface area contributed by atoms with Crippen LogP contribution in [0.5, 0.6) is 17.2 Å². The molecule has 9 nitrogen and oxygen atoms in total. The first-order valence-corrected chi connectivity index (χ1v) is 15.4. The van der Waals surface area contributed by atoms with Crippen LogP contribution in [0.2, 0.25) is 5.02 Å². The quantitative estimate of drug-likeness (QED) is 0.215. The van der Waals surface area contributed by atoms with Gasteiger partial charge in [-0.1, -0.05) is 47.2 Å². The average Bonchev–Trinajstić information content (AvgIpc) is 3.34. The third-order valence-corrected chi connectivity index (χ3v) is 8.30. The second-order valence-corrected chi connectivity index (χ2v) is 11.4. The van der Waals surface area contributed by atoms with E-state index in [9.17, 15) is 9.59 Å². The zero-order valence-corrected chi connectivity index (χ0v) is 26.7. The zero-order chi connectivity index (χ0) is 32.1. The van der Waals surface area contributed by atoms with Gasteiger partial charge in [-0.25, -0.2) is 9.79 Å². The van der Waals surface area contributed by atoms with E-state index in [4.69, 9.17) is 35.8 Å². The third kappa shape index (κ3) is 6.65. The molecule has 0 unspecified atom stereocenters. The number of aromatic nitrogens is 1. The van der Waals surface area contributed by atoms with E-state index in [2.05, 4.69) is 11.1 Å². The summed E-state index contributed by atoms with van der Waals surface area (Å²) in [5.41, 5.74) is 3.22. The van der Waals surface area contributed by atoms with E-state index in [1.54, 1.807) is 44.2 Å². The van der Waals surface area contributed by atoms with Gasteiger partial charge in [0.1, 0.15) is 12.4 Å². The van der Waals surface area contributed by atoms with E-state index in [-0.39, 0.29) is 18.8 Å². The summed E-state index contributed by atoms with van der Waals surface area (Å²) in [5.74, 6) is 0.900. The first kappa shape index (κ1) is 31.6. The number of rotatable bonds is 10. The van der Waals surface area contributed by atoms with Crippen LogP contribution in [-0.2, 0) is 16.1 Å². The predicted octanol–water partition coefficient (Wildman–Crippen LogP) is 5.31. The van der Waals surface area contributed by atoms with E-state index in [1.165, 1.54) is 23.0 Å². The highest BCUT2D eigenvalue weighted by Crippen LogP contribution is 2.37. The highest BCUT2D eigenvalue weighted by atomic mass is 35.5. The number of hydrogen-bond donors (Lipinski definition) is 0. The standard InChI is InChI=1S/C34H30ClN3O6S/c1-5-42-25-13-11-24(12-14-25)30-29(33(40)43-6-2)20(3)37-34-38(30)32(39)28(45-34)17-23-15-26(35)31(27(16-23)41-4)44-19-22-9-7-21(18-36)8-10-22/h7-17,30H,5-6,19H2,1-4H3/b28-17-/t30-/m0/s1. The smallest absolute Gasteiger partial charge is 0.338 e. The summed E-state index contributed by atoms with van der Waals surface area (Å²) in [6, 6.07) is 19.1. The Kier molecular flexibility index (Phi) is 9.71. The number of esters is 1. The molecule has 2 heterocycles. The molecule has 4 aromatic rings. The molecule has 0 radical (unpaired) electrons. The van der Waals surface area contributed by atoms with Gasteiger partial charge in [-0.05, 0) is 79.9 Å². The fourth-order valence-corrected chi connectivity index (χ4v) is 6.29. The SMILES string of the molecule is CCOC(=O)C1=C(C)N=c2s/c(=C\c3cc(Cl)c(OCc4ccc(C#N)cc4)c(OC)c3)c(=O)n2[C@H]1c1ccc(OCC)cc1. The number of carbonyl (C=O) groups is 1. The molecular weight excluding hydrogens is 614 g/mol. The molecule has 0 aliphatic carbocycles. The molecule has 1 atom stereocenters. The lowest BCUT2D eigenvalue weighted by atomic mass is 9.96. The van der Waals surface area contributed by atoms with Crippen molar-refractivity contribution in [2.75, 3.05) is 20.3 Å². The summed E-state index contributed by atoms with van der Waals surface area (Å²) in [7, 11) is 1.51. The Hall–Kier alpha value is -4.85. The van der Waals surface area contributed by atoms with Crippen molar-refractivity contribution in [3.05, 3.63) is 119 Å². The summed E-state index contributed by atoms with van der Waals surface area (Å²) < 4.78 is 24.5. The van der Waals surface area contributed by atoms with E-state index >= 15 is 0 Å². The molecule has 0 fully saturated rings. The van der Waals surface area contributed by atoms with Gasteiger partial charge in [-0.15, -0.1) is 0 Å². The maximum atomic E-state index is 14.0. The number of fused-ring (bicyclic) bond motifs is 1. The molecular formula is C34H30ClN3O6S. The lowest BCUT2D eigenvalue weighted by molar-refractivity contribution is -0.139. The topological polar surface area (TPSA) is 112 Å². The number of methoxy groups -OCH3 is 1. The Morgan fingerprint density at radius 1 is 1.09 bits per heavy atom. The van der Waals surface area contributed by atoms with Gasteiger partial charge in [-0.3, -0.25) is 9.36 Å². The van der Waals surface area contributed by atoms with Gasteiger partial charge in [0.05, 0.1) is 58.8 Å². The highest BCUT2D eigenvalue weighted by molar-refractivity contribution is 7.07. The number of benzene rings is 3. The fraction of sp³-hybridized carbons (Fsp3) is 0.235. The number of hydrogen-bond acceptors (Lipinski definition) is 9. The lowest BCUT2D eigenvalue weighted by Gasteiger charge is -2.24. The summed E-state index contributed by atoms with van der Waals surface area (Å²) in [6.45, 7) is 6.29. The molecule has 3 aromatic carbocycles. The largest absolute Gasteiger partial charge is 0.494 e. The van der Waals surface area contributed by atoms with Crippen molar-refractivity contribution in [1.82, 2.24) is 4.57 Å². The molecule has 0 saturated carbocycles. The number of halogens is 1. The van der Waals surface area contributed by atoms with Crippen LogP contribution in [0.1, 0.15) is 49.1 Å². The van der Waals surface area contributed by atoms with Crippen molar-refractivity contribution in [2.45, 2.75) is 33.4 Å². The van der Waals surface area contributed by atoms with Gasteiger partial charge in [0.2, 0.25) is 0 Å². The molecule has 0 saturated heterocycles. The first-order chi connectivity index (χ1) is 21.8. The Balaban J connectivity index is 1.54. The van der Waals surface area contributed by atoms with Crippen LogP contribution in [0.15, 0.2) is 81.7 Å². The summed E-state index contributed by atoms with van der Waals surface area (Å²) in [4.78, 5) is 32.2. The average molecular weight is 644 g/mol. The van der Waals surface area contributed by atoms with Gasteiger partial charge in [0.25, 0.3) is 5.56 Å². The predicted molar refractivity (Wildman–Crippen MR) is 172 cm³/mol. The third-order valence-electron chi connectivity index (χ3n) is 7.04. The van der Waals surface area contributed by atoms with Crippen LogP contribution in [-0.4, -0.2) is 30.9 Å². The number of nitrogens with zero attached hydrogens (tertiary/aromatic N) is 3. The number of carbonyl (C=O) groups excluding carboxylic acids is 1. The number of ether oxygens (including phenoxy) is 4. The van der Waals surface area contributed by atoms with Gasteiger partial charge in [0.15, 0.2) is 16.3 Å². The van der Waals surface area contributed by atoms with Crippen molar-refractivity contribution in [2.24, 2.45) is 4.99 Å². The normalized spacial score (nSPS) is 14.3. The fourth-order valence-electron chi connectivity index (χ4n) is 4.97. The summed E-state index contributed by atoms with van der Waals surface area (Å²) in [6.07, 6.45) is 1.71. The molecule has 1 aliphatic heterocycles. The van der Waals surface area contributed by atoms with Crippen LogP contribution in [0.25, 0.3) is 6.08 Å². The molecule has 1 aliphatic rings. The molecule has 230 valence electrons. The van der Waals surface area contributed by atoms with E-state index < -0.39 is 12.0 Å². The maximum Gasteiger partial charge on any atom is 0.338 e. The number of allylic oxidation sites excluding steroid dienone is 1. The zero-order valence-electron chi connectivity index (χ0n) is 25.1. The second kappa shape index (κ2) is 13.8. The van der Waals surface area contributed by atoms with Crippen molar-refractivity contribution >= 4 is 35.0 Å². The van der Waals surface area contributed by atoms with Crippen LogP contribution >= 0.6 is 22.9 Å². The maximum absolute atomic E-state index is 14.0. The summed E-state index contributed by atoms with van der Waals surface area (Å²) >= 11 is 7.85. The number of nitriles is 1. The number of thiazole rings is 1. The minimum Gasteiger partial charge on any atom is -0.494 e. The van der Waals surface area contributed by atoms with Crippen LogP contribution in [0, 0.1) is 11.3 Å². The highest BCUT2D eigenvalue weighted by Gasteiger charge is 2.33. The van der Waals surface area contributed by atoms with Gasteiger partial charge in [0, 0.05) is 0 Å². The first-order valence-electron chi connectivity index (χ1n) is 14.2. The molecule has 0 bridgehead atoms. The molecule has 0 N–H and O–H groups in total. The minimum absolute atomic E-state index is 0.186. The molecule has 45 heavy (non-hydrogen) atoms. The van der Waals surface area contributed by atoms with Crippen LogP contribution in [0.4, 0.5) is 0 Å². The van der Waals surface area contributed by atoms with Gasteiger partial charge >= 0.3 is 5.97 Å². The minimum atomic E-state index is -0.741. The molecule has 0 amide bonds. The Morgan fingerprint density at radius 2 is 1.82 bits per heavy atom. The van der Waals surface area contributed by atoms with Gasteiger partial charge in [-0.2, -0.15) is 5.26 Å². The van der Waals surface area contributed by atoms with Crippen molar-refractivity contribution in [1.29, 1.82) is 5.26 Å². The lowest BCUT2D eigenvalue weighted by Crippen LogP contribution is -2.39. The molecule has 1 aromatic heterocycles. The van der Waals surface area contributed by atoms with E-state index in [0.717, 1.165) is 11.1 Å². The van der Waals surface area contributed by atoms with Crippen LogP contribution < -0.4 is 29.1 Å². The monoisotopic (exact) mass is 643 g/mol. The van der Waals surface area contributed by atoms with Gasteiger partial charge < -0.3 is 18.9 Å². The molecule has 5 rings (SSSR count). The van der Waals surface area contributed by atoms with E-state index in [0.29, 0.717) is 60.6 Å². The van der Waals surface area contributed by atoms with Crippen molar-refractivity contribution in [3.63, 3.8) is 0 Å². The van der Waals surface area contributed by atoms with E-state index in [1.807, 2.05) is 43.3 Å². The Labute approximate surface area is 268 Å². The second-order valence-electron chi connectivity index (χ2n) is 9.94. The van der Waals surface area contributed by atoms with Crippen molar-refractivity contribution in [3.8, 4) is 23.3 Å². The Bertz CT molecular complexity index is 1990. The molecule has 11 heteroatoms. The Morgan fingerprint density at radius 3 is 2.47 bits per heavy atom.